The van der Waals surface area contributed by atoms with Crippen molar-refractivity contribution in [3.8, 4) is 0 Å². The topological polar surface area (TPSA) is 86.5 Å². The molecule has 0 aliphatic rings. The SMILES string of the molecule is CC(=O)OCc1ccc([N+](=O)[O-])c(C(C)=O)c1. The third-order valence-corrected chi connectivity index (χ3v) is 2.08. The quantitative estimate of drug-likeness (QED) is 0.345. The summed E-state index contributed by atoms with van der Waals surface area (Å²) in [5, 5.41) is 10.7. The molecule has 6 nitrogen and oxygen atoms in total. The molecule has 1 rings (SSSR count). The highest BCUT2D eigenvalue weighted by atomic mass is 16.6. The van der Waals surface area contributed by atoms with Gasteiger partial charge in [0, 0.05) is 13.0 Å². The van der Waals surface area contributed by atoms with Gasteiger partial charge in [-0.3, -0.25) is 19.7 Å². The van der Waals surface area contributed by atoms with Gasteiger partial charge in [0.1, 0.15) is 6.61 Å². The van der Waals surface area contributed by atoms with Crippen molar-refractivity contribution in [2.24, 2.45) is 0 Å². The molecule has 0 bridgehead atoms. The third kappa shape index (κ3) is 3.37. The van der Waals surface area contributed by atoms with Crippen LogP contribution in [0.15, 0.2) is 18.2 Å². The van der Waals surface area contributed by atoms with Crippen LogP contribution in [0.25, 0.3) is 0 Å². The minimum absolute atomic E-state index is 0.00634. The molecule has 1 aromatic carbocycles. The highest BCUT2D eigenvalue weighted by Crippen LogP contribution is 2.21. The molecule has 0 saturated carbocycles. The summed E-state index contributed by atoms with van der Waals surface area (Å²) in [7, 11) is 0. The number of ketones is 1. The Hall–Kier alpha value is -2.24. The zero-order valence-electron chi connectivity index (χ0n) is 9.43. The number of nitro groups is 1. The van der Waals surface area contributed by atoms with E-state index < -0.39 is 16.7 Å². The summed E-state index contributed by atoms with van der Waals surface area (Å²) in [5.74, 6) is -0.853. The van der Waals surface area contributed by atoms with Crippen LogP contribution in [0.2, 0.25) is 0 Å². The van der Waals surface area contributed by atoms with Gasteiger partial charge in [0.25, 0.3) is 5.69 Å². The summed E-state index contributed by atoms with van der Waals surface area (Å²) in [5.41, 5.74) is 0.305. The lowest BCUT2D eigenvalue weighted by Gasteiger charge is -2.04. The summed E-state index contributed by atoms with van der Waals surface area (Å²) in [6.07, 6.45) is 0. The van der Waals surface area contributed by atoms with E-state index in [1.54, 1.807) is 0 Å². The van der Waals surface area contributed by atoms with Crippen molar-refractivity contribution < 1.29 is 19.2 Å². The number of hydrogen-bond donors (Lipinski definition) is 0. The number of carbonyl (C=O) groups excluding carboxylic acids is 2. The molecule has 0 saturated heterocycles. The van der Waals surface area contributed by atoms with Gasteiger partial charge in [-0.1, -0.05) is 0 Å². The van der Waals surface area contributed by atoms with Gasteiger partial charge in [-0.05, 0) is 24.6 Å². The average Bonchev–Trinajstić information content (AvgIpc) is 2.25. The lowest BCUT2D eigenvalue weighted by Crippen LogP contribution is -2.03. The fourth-order valence-electron chi connectivity index (χ4n) is 1.30. The Balaban J connectivity index is 3.05. The van der Waals surface area contributed by atoms with Crippen molar-refractivity contribution in [2.75, 3.05) is 0 Å². The number of esters is 1. The molecule has 0 heterocycles. The number of hydrogen-bond acceptors (Lipinski definition) is 5. The minimum atomic E-state index is -0.619. The summed E-state index contributed by atoms with van der Waals surface area (Å²) >= 11 is 0. The molecule has 0 amide bonds. The van der Waals surface area contributed by atoms with Crippen LogP contribution in [0.4, 0.5) is 5.69 Å². The van der Waals surface area contributed by atoms with Gasteiger partial charge in [-0.25, -0.2) is 0 Å². The maximum absolute atomic E-state index is 11.2. The molecular formula is C11H11NO5. The van der Waals surface area contributed by atoms with Crippen LogP contribution < -0.4 is 0 Å². The van der Waals surface area contributed by atoms with E-state index in [-0.39, 0.29) is 17.9 Å². The molecule has 90 valence electrons. The molecule has 0 aliphatic heterocycles. The monoisotopic (exact) mass is 237 g/mol. The van der Waals surface area contributed by atoms with Crippen molar-refractivity contribution in [3.05, 3.63) is 39.4 Å². The predicted molar refractivity (Wildman–Crippen MR) is 58.6 cm³/mol. The molecule has 0 atom stereocenters. The first-order valence-corrected chi connectivity index (χ1v) is 4.83. The molecule has 1 aromatic rings. The molecular weight excluding hydrogens is 226 g/mol. The van der Waals surface area contributed by atoms with Gasteiger partial charge in [-0.2, -0.15) is 0 Å². The Morgan fingerprint density at radius 2 is 2.00 bits per heavy atom. The first-order valence-electron chi connectivity index (χ1n) is 4.83. The first-order chi connectivity index (χ1) is 7.91. The van der Waals surface area contributed by atoms with Crippen molar-refractivity contribution >= 4 is 17.4 Å². The van der Waals surface area contributed by atoms with Crippen LogP contribution in [0.3, 0.4) is 0 Å². The molecule has 0 spiro atoms. The molecule has 0 N–H and O–H groups in total. The van der Waals surface area contributed by atoms with Gasteiger partial charge in [0.15, 0.2) is 5.78 Å². The second kappa shape index (κ2) is 5.20. The summed E-state index contributed by atoms with van der Waals surface area (Å²) in [6, 6.07) is 4.05. The van der Waals surface area contributed by atoms with Crippen LogP contribution in [-0.4, -0.2) is 16.7 Å². The maximum atomic E-state index is 11.2. The largest absolute Gasteiger partial charge is 0.461 e. The Morgan fingerprint density at radius 1 is 1.35 bits per heavy atom. The van der Waals surface area contributed by atoms with E-state index in [2.05, 4.69) is 0 Å². The predicted octanol–water partition coefficient (Wildman–Crippen LogP) is 1.86. The lowest BCUT2D eigenvalue weighted by molar-refractivity contribution is -0.385. The molecule has 0 aromatic heterocycles. The van der Waals surface area contributed by atoms with Crippen molar-refractivity contribution in [2.45, 2.75) is 20.5 Å². The summed E-state index contributed by atoms with van der Waals surface area (Å²) in [6.45, 7) is 2.50. The number of ether oxygens (including phenoxy) is 1. The number of rotatable bonds is 4. The summed E-state index contributed by atoms with van der Waals surface area (Å²) in [4.78, 5) is 31.9. The zero-order chi connectivity index (χ0) is 13.0. The highest BCUT2D eigenvalue weighted by Gasteiger charge is 2.17. The van der Waals surface area contributed by atoms with E-state index in [4.69, 9.17) is 4.74 Å². The van der Waals surface area contributed by atoms with Crippen LogP contribution in [0.5, 0.6) is 0 Å². The van der Waals surface area contributed by atoms with E-state index in [0.717, 1.165) is 0 Å². The van der Waals surface area contributed by atoms with Crippen LogP contribution in [-0.2, 0) is 16.1 Å². The van der Waals surface area contributed by atoms with Gasteiger partial charge in [-0.15, -0.1) is 0 Å². The van der Waals surface area contributed by atoms with Gasteiger partial charge in [0.2, 0.25) is 0 Å². The number of carbonyl (C=O) groups is 2. The molecule has 0 unspecified atom stereocenters. The average molecular weight is 237 g/mol. The Bertz CT molecular complexity index is 481. The first kappa shape index (κ1) is 12.8. The van der Waals surface area contributed by atoms with Crippen molar-refractivity contribution in [1.29, 1.82) is 0 Å². The number of nitro benzene ring substituents is 1. The second-order valence-electron chi connectivity index (χ2n) is 3.45. The standard InChI is InChI=1S/C11H11NO5/c1-7(13)10-5-9(6-17-8(2)14)3-4-11(10)12(15)16/h3-5H,6H2,1-2H3. The molecule has 0 fully saturated rings. The third-order valence-electron chi connectivity index (χ3n) is 2.08. The maximum Gasteiger partial charge on any atom is 0.302 e. The Morgan fingerprint density at radius 3 is 2.47 bits per heavy atom. The van der Waals surface area contributed by atoms with E-state index in [1.807, 2.05) is 0 Å². The fraction of sp³-hybridized carbons (Fsp3) is 0.273. The minimum Gasteiger partial charge on any atom is -0.461 e. The number of nitrogens with zero attached hydrogens (tertiary/aromatic N) is 1. The molecule has 0 aliphatic carbocycles. The van der Waals surface area contributed by atoms with Crippen LogP contribution >= 0.6 is 0 Å². The Labute approximate surface area is 97.3 Å². The fourth-order valence-corrected chi connectivity index (χ4v) is 1.30. The molecule has 0 radical (unpaired) electrons. The number of benzene rings is 1. The van der Waals surface area contributed by atoms with Gasteiger partial charge >= 0.3 is 5.97 Å². The van der Waals surface area contributed by atoms with E-state index in [0.29, 0.717) is 5.56 Å². The molecule has 6 heteroatoms. The zero-order valence-corrected chi connectivity index (χ0v) is 9.43. The van der Waals surface area contributed by atoms with Crippen molar-refractivity contribution in [3.63, 3.8) is 0 Å². The lowest BCUT2D eigenvalue weighted by atomic mass is 10.1. The van der Waals surface area contributed by atoms with Gasteiger partial charge < -0.3 is 4.74 Å². The molecule has 17 heavy (non-hydrogen) atoms. The van der Waals surface area contributed by atoms with Gasteiger partial charge in [0.05, 0.1) is 10.5 Å². The smallest absolute Gasteiger partial charge is 0.302 e. The van der Waals surface area contributed by atoms with E-state index in [1.165, 1.54) is 32.0 Å². The normalized spacial score (nSPS) is 9.76. The van der Waals surface area contributed by atoms with Crippen molar-refractivity contribution in [1.82, 2.24) is 0 Å². The Kier molecular flexibility index (Phi) is 3.92. The van der Waals surface area contributed by atoms with E-state index >= 15 is 0 Å². The highest BCUT2D eigenvalue weighted by molar-refractivity contribution is 5.98. The summed E-state index contributed by atoms with van der Waals surface area (Å²) < 4.78 is 4.74. The number of Topliss-reactive ketones (excluding diaryl/α,β-unsaturated/α-hetero) is 1. The van der Waals surface area contributed by atoms with Crippen LogP contribution in [0.1, 0.15) is 29.8 Å². The van der Waals surface area contributed by atoms with Crippen LogP contribution in [0, 0.1) is 10.1 Å². The second-order valence-corrected chi connectivity index (χ2v) is 3.45. The van der Waals surface area contributed by atoms with E-state index in [9.17, 15) is 19.7 Å².